The SMILES string of the molecule is CSCC(=O)N1CCc2c(C(=O)NC(c3ncnn3C)C(C)C)n[nH]c2C1. The summed E-state index contributed by atoms with van der Waals surface area (Å²) in [5, 5.41) is 14.3. The van der Waals surface area contributed by atoms with Gasteiger partial charge in [0.2, 0.25) is 5.91 Å². The summed E-state index contributed by atoms with van der Waals surface area (Å²) in [6, 6.07) is -0.263. The number of carbonyl (C=O) groups excluding carboxylic acids is 2. The van der Waals surface area contributed by atoms with E-state index in [0.29, 0.717) is 36.8 Å². The third-order valence-electron chi connectivity index (χ3n) is 4.75. The highest BCUT2D eigenvalue weighted by molar-refractivity contribution is 7.99. The van der Waals surface area contributed by atoms with Gasteiger partial charge >= 0.3 is 0 Å². The van der Waals surface area contributed by atoms with Crippen molar-refractivity contribution in [2.75, 3.05) is 18.6 Å². The van der Waals surface area contributed by atoms with Gasteiger partial charge in [0, 0.05) is 19.2 Å². The fraction of sp³-hybridized carbons (Fsp3) is 0.588. The van der Waals surface area contributed by atoms with Gasteiger partial charge in [-0.3, -0.25) is 19.4 Å². The first kappa shape index (κ1) is 19.4. The second kappa shape index (κ2) is 8.12. The quantitative estimate of drug-likeness (QED) is 0.758. The highest BCUT2D eigenvalue weighted by atomic mass is 32.2. The summed E-state index contributed by atoms with van der Waals surface area (Å²) in [5.74, 6) is 1.18. The molecule has 1 unspecified atom stereocenters. The van der Waals surface area contributed by atoms with E-state index in [1.165, 1.54) is 18.1 Å². The predicted octanol–water partition coefficient (Wildman–Crippen LogP) is 0.913. The zero-order valence-corrected chi connectivity index (χ0v) is 16.8. The number of fused-ring (bicyclic) bond motifs is 1. The number of thioether (sulfide) groups is 1. The van der Waals surface area contributed by atoms with Crippen LogP contribution in [0.5, 0.6) is 0 Å². The minimum absolute atomic E-state index is 0.107. The second-order valence-electron chi connectivity index (χ2n) is 6.96. The van der Waals surface area contributed by atoms with E-state index in [1.807, 2.05) is 20.1 Å². The van der Waals surface area contributed by atoms with Crippen LogP contribution in [-0.2, 0) is 24.8 Å². The van der Waals surface area contributed by atoms with Crippen molar-refractivity contribution in [1.29, 1.82) is 0 Å². The summed E-state index contributed by atoms with van der Waals surface area (Å²) in [4.78, 5) is 31.1. The average Bonchev–Trinajstić information content (AvgIpc) is 3.25. The van der Waals surface area contributed by atoms with E-state index in [4.69, 9.17) is 0 Å². The molecule has 0 aliphatic carbocycles. The standard InChI is InChI=1S/C17H25N7O2S/c1-10(2)14(16-18-9-19-23(16)3)20-17(26)15-11-5-6-24(13(25)8-27-4)7-12(11)21-22-15/h9-10,14H,5-8H2,1-4H3,(H,20,26)(H,21,22). The highest BCUT2D eigenvalue weighted by Crippen LogP contribution is 2.23. The first-order valence-corrected chi connectivity index (χ1v) is 10.3. The third kappa shape index (κ3) is 4.00. The van der Waals surface area contributed by atoms with Crippen molar-refractivity contribution in [1.82, 2.24) is 35.2 Å². The van der Waals surface area contributed by atoms with Crippen LogP contribution in [0.1, 0.15) is 47.5 Å². The molecule has 0 aromatic carbocycles. The van der Waals surface area contributed by atoms with Crippen LogP contribution in [-0.4, -0.2) is 60.2 Å². The van der Waals surface area contributed by atoms with Gasteiger partial charge in [-0.15, -0.1) is 0 Å². The number of rotatable bonds is 6. The fourth-order valence-corrected chi connectivity index (χ4v) is 3.69. The maximum absolute atomic E-state index is 12.9. The van der Waals surface area contributed by atoms with Gasteiger partial charge in [0.15, 0.2) is 5.69 Å². The van der Waals surface area contributed by atoms with Crippen molar-refractivity contribution in [2.24, 2.45) is 13.0 Å². The molecule has 10 heteroatoms. The summed E-state index contributed by atoms with van der Waals surface area (Å²) in [7, 11) is 1.81. The van der Waals surface area contributed by atoms with E-state index in [0.717, 1.165) is 11.3 Å². The van der Waals surface area contributed by atoms with E-state index in [1.54, 1.807) is 16.6 Å². The first-order valence-electron chi connectivity index (χ1n) is 8.90. The summed E-state index contributed by atoms with van der Waals surface area (Å²) in [5.41, 5.74) is 2.12. The van der Waals surface area contributed by atoms with Gasteiger partial charge in [-0.25, -0.2) is 4.98 Å². The Hall–Kier alpha value is -2.36. The lowest BCUT2D eigenvalue weighted by molar-refractivity contribution is -0.129. The molecule has 1 aliphatic heterocycles. The maximum atomic E-state index is 12.9. The Labute approximate surface area is 162 Å². The van der Waals surface area contributed by atoms with Crippen LogP contribution in [0.3, 0.4) is 0 Å². The molecule has 0 spiro atoms. The molecule has 0 radical (unpaired) electrons. The maximum Gasteiger partial charge on any atom is 0.272 e. The molecular weight excluding hydrogens is 366 g/mol. The molecule has 0 fully saturated rings. The van der Waals surface area contributed by atoms with Gasteiger partial charge in [-0.05, 0) is 18.6 Å². The largest absolute Gasteiger partial charge is 0.340 e. The van der Waals surface area contributed by atoms with Gasteiger partial charge in [0.1, 0.15) is 12.2 Å². The molecule has 2 N–H and O–H groups in total. The Bertz CT molecular complexity index is 829. The molecule has 2 aromatic heterocycles. The molecule has 0 bridgehead atoms. The van der Waals surface area contributed by atoms with E-state index >= 15 is 0 Å². The minimum Gasteiger partial charge on any atom is -0.340 e. The van der Waals surface area contributed by atoms with Gasteiger partial charge in [-0.1, -0.05) is 13.8 Å². The molecule has 1 atom stereocenters. The number of nitrogens with zero attached hydrogens (tertiary/aromatic N) is 5. The number of H-pyrrole nitrogens is 1. The summed E-state index contributed by atoms with van der Waals surface area (Å²) in [6.45, 7) is 5.11. The van der Waals surface area contributed by atoms with Gasteiger partial charge in [-0.2, -0.15) is 22.0 Å². The van der Waals surface area contributed by atoms with Crippen molar-refractivity contribution >= 4 is 23.6 Å². The molecule has 2 aromatic rings. The summed E-state index contributed by atoms with van der Waals surface area (Å²) >= 11 is 1.51. The zero-order chi connectivity index (χ0) is 19.6. The van der Waals surface area contributed by atoms with Crippen molar-refractivity contribution in [3.05, 3.63) is 29.1 Å². The van der Waals surface area contributed by atoms with Crippen LogP contribution in [0, 0.1) is 5.92 Å². The summed E-state index contributed by atoms with van der Waals surface area (Å²) in [6.07, 6.45) is 4.01. The number of hydrogen-bond acceptors (Lipinski definition) is 6. The smallest absolute Gasteiger partial charge is 0.272 e. The Morgan fingerprint density at radius 1 is 1.41 bits per heavy atom. The van der Waals surface area contributed by atoms with Gasteiger partial charge in [0.05, 0.1) is 24.0 Å². The molecule has 9 nitrogen and oxygen atoms in total. The number of carbonyl (C=O) groups is 2. The zero-order valence-electron chi connectivity index (χ0n) is 16.0. The summed E-state index contributed by atoms with van der Waals surface area (Å²) < 4.78 is 1.67. The van der Waals surface area contributed by atoms with E-state index in [-0.39, 0.29) is 23.8 Å². The normalized spacial score (nSPS) is 14.9. The van der Waals surface area contributed by atoms with E-state index < -0.39 is 0 Å². The topological polar surface area (TPSA) is 109 Å². The lowest BCUT2D eigenvalue weighted by Gasteiger charge is -2.27. The predicted molar refractivity (Wildman–Crippen MR) is 102 cm³/mol. The molecule has 0 saturated carbocycles. The van der Waals surface area contributed by atoms with Crippen molar-refractivity contribution in [3.63, 3.8) is 0 Å². The van der Waals surface area contributed by atoms with Gasteiger partial charge in [0.25, 0.3) is 5.91 Å². The Kier molecular flexibility index (Phi) is 5.83. The number of nitrogens with one attached hydrogen (secondary N) is 2. The molecule has 3 heterocycles. The average molecular weight is 392 g/mol. The van der Waals surface area contributed by atoms with Crippen LogP contribution in [0.2, 0.25) is 0 Å². The monoisotopic (exact) mass is 391 g/mol. The number of aryl methyl sites for hydroxylation is 1. The van der Waals surface area contributed by atoms with E-state index in [2.05, 4.69) is 25.6 Å². The second-order valence-corrected chi connectivity index (χ2v) is 7.83. The molecular formula is C17H25N7O2S. The van der Waals surface area contributed by atoms with Gasteiger partial charge < -0.3 is 10.2 Å². The van der Waals surface area contributed by atoms with Crippen molar-refractivity contribution in [3.8, 4) is 0 Å². The molecule has 0 saturated heterocycles. The fourth-order valence-electron chi connectivity index (χ4n) is 3.26. The lowest BCUT2D eigenvalue weighted by atomic mass is 10.0. The number of hydrogen-bond donors (Lipinski definition) is 2. The molecule has 1 aliphatic rings. The van der Waals surface area contributed by atoms with Crippen LogP contribution in [0.25, 0.3) is 0 Å². The third-order valence-corrected chi connectivity index (χ3v) is 5.28. The minimum atomic E-state index is -0.263. The Morgan fingerprint density at radius 2 is 2.19 bits per heavy atom. The van der Waals surface area contributed by atoms with Crippen LogP contribution in [0.15, 0.2) is 6.33 Å². The molecule has 146 valence electrons. The number of aromatic amines is 1. The number of aromatic nitrogens is 5. The Balaban J connectivity index is 1.75. The lowest BCUT2D eigenvalue weighted by Crippen LogP contribution is -2.38. The highest BCUT2D eigenvalue weighted by Gasteiger charge is 2.29. The van der Waals surface area contributed by atoms with Crippen LogP contribution in [0.4, 0.5) is 0 Å². The molecule has 27 heavy (non-hydrogen) atoms. The van der Waals surface area contributed by atoms with E-state index in [9.17, 15) is 9.59 Å². The van der Waals surface area contributed by atoms with Crippen molar-refractivity contribution < 1.29 is 9.59 Å². The van der Waals surface area contributed by atoms with Crippen molar-refractivity contribution in [2.45, 2.75) is 32.9 Å². The first-order chi connectivity index (χ1) is 12.9. The van der Waals surface area contributed by atoms with Crippen LogP contribution < -0.4 is 5.32 Å². The number of amides is 2. The van der Waals surface area contributed by atoms with Crippen LogP contribution >= 0.6 is 11.8 Å². The Morgan fingerprint density at radius 3 is 2.81 bits per heavy atom. The molecule has 3 rings (SSSR count). The molecule has 2 amide bonds.